The second-order valence-electron chi connectivity index (χ2n) is 4.72. The van der Waals surface area contributed by atoms with Crippen LogP contribution in [0.1, 0.15) is 12.8 Å². The van der Waals surface area contributed by atoms with E-state index in [1.54, 1.807) is 12.5 Å². The Kier molecular flexibility index (Phi) is 2.40. The lowest BCUT2D eigenvalue weighted by Gasteiger charge is -2.45. The number of nitrogens with one attached hydrogen (secondary N) is 1. The van der Waals surface area contributed by atoms with Crippen LogP contribution in [-0.4, -0.2) is 40.5 Å². The fourth-order valence-corrected chi connectivity index (χ4v) is 2.77. The highest BCUT2D eigenvalue weighted by Gasteiger charge is 2.34. The van der Waals surface area contributed by atoms with Gasteiger partial charge < -0.3 is 16.0 Å². The predicted octanol–water partition coefficient (Wildman–Crippen LogP) is 0.565. The third-order valence-corrected chi connectivity index (χ3v) is 3.72. The zero-order chi connectivity index (χ0) is 11.0. The molecule has 86 valence electrons. The topological polar surface area (TPSA) is 67.1 Å². The summed E-state index contributed by atoms with van der Waals surface area (Å²) in [6.45, 7) is 3.62. The highest BCUT2D eigenvalue weighted by Crippen LogP contribution is 2.30. The molecule has 5 heteroatoms. The van der Waals surface area contributed by atoms with E-state index >= 15 is 0 Å². The lowest BCUT2D eigenvalue weighted by molar-refractivity contribution is 0.0974. The van der Waals surface area contributed by atoms with Crippen LogP contribution in [0.4, 0.5) is 11.5 Å². The van der Waals surface area contributed by atoms with Crippen molar-refractivity contribution in [1.29, 1.82) is 0 Å². The summed E-state index contributed by atoms with van der Waals surface area (Å²) in [5.41, 5.74) is 6.47. The van der Waals surface area contributed by atoms with Gasteiger partial charge in [-0.3, -0.25) is 0 Å². The fraction of sp³-hybridized carbons (Fsp3) is 0.636. The molecule has 0 aliphatic carbocycles. The molecular weight excluding hydrogens is 202 g/mol. The first kappa shape index (κ1) is 9.84. The van der Waals surface area contributed by atoms with Crippen LogP contribution in [0.15, 0.2) is 12.5 Å². The molecule has 3 aliphatic rings. The minimum Gasteiger partial charge on any atom is -0.394 e. The van der Waals surface area contributed by atoms with Gasteiger partial charge in [0.25, 0.3) is 0 Å². The molecule has 0 spiro atoms. The normalized spacial score (nSPS) is 32.6. The van der Waals surface area contributed by atoms with Gasteiger partial charge in [-0.15, -0.1) is 0 Å². The lowest BCUT2D eigenvalue weighted by atomic mass is 9.84. The van der Waals surface area contributed by atoms with Crippen molar-refractivity contribution < 1.29 is 0 Å². The van der Waals surface area contributed by atoms with E-state index in [1.165, 1.54) is 25.9 Å². The largest absolute Gasteiger partial charge is 0.394 e. The first-order valence-corrected chi connectivity index (χ1v) is 5.87. The first-order chi connectivity index (χ1) is 7.83. The van der Waals surface area contributed by atoms with Gasteiger partial charge in [-0.1, -0.05) is 0 Å². The average Bonchev–Trinajstić information content (AvgIpc) is 2.34. The maximum absolute atomic E-state index is 5.83. The Labute approximate surface area is 95.1 Å². The molecule has 1 atom stereocenters. The minimum absolute atomic E-state index is 0.500. The molecule has 0 saturated carbocycles. The van der Waals surface area contributed by atoms with E-state index in [9.17, 15) is 0 Å². The Morgan fingerprint density at radius 2 is 2.19 bits per heavy atom. The summed E-state index contributed by atoms with van der Waals surface area (Å²) in [4.78, 5) is 10.6. The molecule has 1 aromatic rings. The van der Waals surface area contributed by atoms with Crippen molar-refractivity contribution in [3.05, 3.63) is 12.5 Å². The van der Waals surface area contributed by atoms with Gasteiger partial charge in [0.05, 0.1) is 11.9 Å². The van der Waals surface area contributed by atoms with Gasteiger partial charge in [0.2, 0.25) is 0 Å². The Hall–Kier alpha value is -1.36. The molecule has 1 unspecified atom stereocenters. The van der Waals surface area contributed by atoms with Gasteiger partial charge in [0.15, 0.2) is 5.82 Å². The highest BCUT2D eigenvalue weighted by atomic mass is 15.2. The van der Waals surface area contributed by atoms with E-state index in [4.69, 9.17) is 5.73 Å². The van der Waals surface area contributed by atoms with E-state index in [0.29, 0.717) is 11.7 Å². The van der Waals surface area contributed by atoms with Gasteiger partial charge in [-0.25, -0.2) is 9.97 Å². The Balaban J connectivity index is 1.73. The fourth-order valence-electron chi connectivity index (χ4n) is 2.77. The summed E-state index contributed by atoms with van der Waals surface area (Å²) in [7, 11) is 0. The summed E-state index contributed by atoms with van der Waals surface area (Å²) < 4.78 is 0. The monoisotopic (exact) mass is 219 g/mol. The number of fused-ring (bicyclic) bond motifs is 3. The molecule has 0 radical (unpaired) electrons. The van der Waals surface area contributed by atoms with Gasteiger partial charge in [-0.2, -0.15) is 0 Å². The standard InChI is InChI=1S/C11H17N5/c12-9-5-13-7-14-11(9)15-10-6-16-3-1-8(10)2-4-16/h5,7-8,10H,1-4,6,12H2,(H,13,14,15). The van der Waals surface area contributed by atoms with E-state index in [0.717, 1.165) is 18.3 Å². The van der Waals surface area contributed by atoms with Crippen LogP contribution < -0.4 is 11.1 Å². The van der Waals surface area contributed by atoms with Crippen LogP contribution in [0.5, 0.6) is 0 Å². The van der Waals surface area contributed by atoms with E-state index in [1.807, 2.05) is 0 Å². The van der Waals surface area contributed by atoms with Gasteiger partial charge in [-0.05, 0) is 31.8 Å². The molecule has 3 fully saturated rings. The zero-order valence-electron chi connectivity index (χ0n) is 9.26. The Morgan fingerprint density at radius 1 is 1.38 bits per heavy atom. The molecule has 0 aromatic carbocycles. The van der Waals surface area contributed by atoms with Crippen LogP contribution in [0.2, 0.25) is 0 Å². The van der Waals surface area contributed by atoms with Gasteiger partial charge in [0.1, 0.15) is 6.33 Å². The molecular formula is C11H17N5. The van der Waals surface area contributed by atoms with Crippen molar-refractivity contribution in [2.75, 3.05) is 30.7 Å². The number of anilines is 2. The first-order valence-electron chi connectivity index (χ1n) is 5.87. The summed E-state index contributed by atoms with van der Waals surface area (Å²) in [6.07, 6.45) is 5.78. The quantitative estimate of drug-likeness (QED) is 0.761. The van der Waals surface area contributed by atoms with Crippen molar-refractivity contribution >= 4 is 11.5 Å². The third-order valence-electron chi connectivity index (χ3n) is 3.72. The number of nitrogens with two attached hydrogens (primary N) is 1. The zero-order valence-corrected chi connectivity index (χ0v) is 9.26. The second-order valence-corrected chi connectivity index (χ2v) is 4.72. The number of aromatic nitrogens is 2. The molecule has 0 amide bonds. The maximum Gasteiger partial charge on any atom is 0.152 e. The van der Waals surface area contributed by atoms with Crippen molar-refractivity contribution in [2.45, 2.75) is 18.9 Å². The molecule has 1 aromatic heterocycles. The van der Waals surface area contributed by atoms with E-state index < -0.39 is 0 Å². The maximum atomic E-state index is 5.83. The smallest absolute Gasteiger partial charge is 0.152 e. The molecule has 3 saturated heterocycles. The number of piperidine rings is 3. The molecule has 2 bridgehead atoms. The Morgan fingerprint density at radius 3 is 2.81 bits per heavy atom. The molecule has 4 heterocycles. The molecule has 4 rings (SSSR count). The molecule has 3 aliphatic heterocycles. The van der Waals surface area contributed by atoms with Crippen molar-refractivity contribution in [2.24, 2.45) is 5.92 Å². The number of hydrogen-bond acceptors (Lipinski definition) is 5. The number of nitrogen functional groups attached to an aromatic ring is 1. The van der Waals surface area contributed by atoms with Crippen LogP contribution in [-0.2, 0) is 0 Å². The van der Waals surface area contributed by atoms with E-state index in [-0.39, 0.29) is 0 Å². The van der Waals surface area contributed by atoms with Gasteiger partial charge >= 0.3 is 0 Å². The summed E-state index contributed by atoms with van der Waals surface area (Å²) in [5.74, 6) is 1.56. The predicted molar refractivity (Wildman–Crippen MR) is 63.0 cm³/mol. The second kappa shape index (κ2) is 3.90. The van der Waals surface area contributed by atoms with Crippen LogP contribution in [0.3, 0.4) is 0 Å². The third kappa shape index (κ3) is 1.71. The minimum atomic E-state index is 0.500. The number of rotatable bonds is 2. The molecule has 16 heavy (non-hydrogen) atoms. The highest BCUT2D eigenvalue weighted by molar-refractivity contribution is 5.59. The van der Waals surface area contributed by atoms with Crippen molar-refractivity contribution in [3.63, 3.8) is 0 Å². The number of nitrogens with zero attached hydrogens (tertiary/aromatic N) is 3. The van der Waals surface area contributed by atoms with E-state index in [2.05, 4.69) is 20.2 Å². The van der Waals surface area contributed by atoms with Crippen molar-refractivity contribution in [1.82, 2.24) is 14.9 Å². The Bertz CT molecular complexity index is 372. The van der Waals surface area contributed by atoms with Gasteiger partial charge in [0, 0.05) is 12.6 Å². The van der Waals surface area contributed by atoms with Crippen molar-refractivity contribution in [3.8, 4) is 0 Å². The summed E-state index contributed by atoms with van der Waals surface area (Å²) in [6, 6.07) is 0.500. The summed E-state index contributed by atoms with van der Waals surface area (Å²) in [5, 5.41) is 3.46. The van der Waals surface area contributed by atoms with Crippen LogP contribution >= 0.6 is 0 Å². The van der Waals surface area contributed by atoms with Crippen LogP contribution in [0, 0.1) is 5.92 Å². The molecule has 3 N–H and O–H groups in total. The lowest BCUT2D eigenvalue weighted by Crippen LogP contribution is -2.53. The average molecular weight is 219 g/mol. The summed E-state index contributed by atoms with van der Waals surface area (Å²) >= 11 is 0. The number of hydrogen-bond donors (Lipinski definition) is 2. The van der Waals surface area contributed by atoms with Crippen LogP contribution in [0.25, 0.3) is 0 Å². The molecule has 5 nitrogen and oxygen atoms in total. The SMILES string of the molecule is Nc1cncnc1NC1CN2CCC1CC2.